The molecular weight excluding hydrogens is 206 g/mol. The van der Waals surface area contributed by atoms with E-state index < -0.39 is 0 Å². The smallest absolute Gasteiger partial charge is 0.228 e. The Hall–Kier alpha value is -2.16. The van der Waals surface area contributed by atoms with Crippen LogP contribution in [0.25, 0.3) is 11.5 Å². The van der Waals surface area contributed by atoms with Gasteiger partial charge in [0.05, 0.1) is 12.0 Å². The van der Waals surface area contributed by atoms with Gasteiger partial charge in [-0.3, -0.25) is 4.68 Å². The molecule has 1 unspecified atom stereocenters. The van der Waals surface area contributed by atoms with Gasteiger partial charge in [-0.15, -0.1) is 0 Å². The molecule has 0 N–H and O–H groups in total. The Labute approximate surface area is 92.5 Å². The lowest BCUT2D eigenvalue weighted by Gasteiger charge is -1.93. The third kappa shape index (κ3) is 2.08. The summed E-state index contributed by atoms with van der Waals surface area (Å²) in [7, 11) is 1.82. The van der Waals surface area contributed by atoms with Crippen LogP contribution in [0.15, 0.2) is 16.8 Å². The highest BCUT2D eigenvalue weighted by molar-refractivity contribution is 5.46. The van der Waals surface area contributed by atoms with Gasteiger partial charge in [-0.2, -0.15) is 15.3 Å². The van der Waals surface area contributed by atoms with Crippen LogP contribution in [0, 0.1) is 17.2 Å². The van der Waals surface area contributed by atoms with Crippen LogP contribution >= 0.6 is 0 Å². The Morgan fingerprint density at radius 3 is 3.06 bits per heavy atom. The van der Waals surface area contributed by atoms with Gasteiger partial charge in [-0.05, 0) is 13.0 Å². The third-order valence-electron chi connectivity index (χ3n) is 2.11. The molecule has 2 heterocycles. The second kappa shape index (κ2) is 4.14. The van der Waals surface area contributed by atoms with E-state index >= 15 is 0 Å². The molecule has 16 heavy (non-hydrogen) atoms. The van der Waals surface area contributed by atoms with Crippen molar-refractivity contribution in [3.05, 3.63) is 18.2 Å². The first-order valence-electron chi connectivity index (χ1n) is 4.91. The quantitative estimate of drug-likeness (QED) is 0.770. The summed E-state index contributed by atoms with van der Waals surface area (Å²) in [6.07, 6.45) is 2.28. The van der Waals surface area contributed by atoms with Crippen molar-refractivity contribution in [2.75, 3.05) is 0 Å². The molecule has 0 aliphatic heterocycles. The number of aromatic nitrogens is 4. The Bertz CT molecular complexity index is 521. The number of aryl methyl sites for hydroxylation is 1. The highest BCUT2D eigenvalue weighted by Crippen LogP contribution is 2.14. The highest BCUT2D eigenvalue weighted by atomic mass is 16.5. The molecule has 0 bridgehead atoms. The fraction of sp³-hybridized carbons (Fsp3) is 0.400. The molecule has 0 aliphatic rings. The summed E-state index contributed by atoms with van der Waals surface area (Å²) < 4.78 is 6.71. The van der Waals surface area contributed by atoms with Crippen LogP contribution in [-0.2, 0) is 13.5 Å². The molecular formula is C10H11N5O. The van der Waals surface area contributed by atoms with Crippen molar-refractivity contribution in [3.63, 3.8) is 0 Å². The average molecular weight is 217 g/mol. The van der Waals surface area contributed by atoms with E-state index in [9.17, 15) is 0 Å². The van der Waals surface area contributed by atoms with Crippen LogP contribution in [0.3, 0.4) is 0 Å². The molecule has 1 atom stereocenters. The molecule has 82 valence electrons. The van der Waals surface area contributed by atoms with Gasteiger partial charge in [0.1, 0.15) is 5.69 Å². The van der Waals surface area contributed by atoms with Crippen LogP contribution in [0.1, 0.15) is 12.8 Å². The van der Waals surface area contributed by atoms with Gasteiger partial charge in [0.15, 0.2) is 0 Å². The molecule has 0 aromatic carbocycles. The van der Waals surface area contributed by atoms with E-state index in [0.29, 0.717) is 23.8 Å². The minimum Gasteiger partial charge on any atom is -0.339 e. The third-order valence-corrected chi connectivity index (χ3v) is 2.11. The summed E-state index contributed by atoms with van der Waals surface area (Å²) in [5, 5.41) is 16.6. The molecule has 2 aromatic heterocycles. The SMILES string of the molecule is CC(C#N)Cc1nc(-c2ccn(C)n2)no1. The first kappa shape index (κ1) is 10.4. The van der Waals surface area contributed by atoms with E-state index in [4.69, 9.17) is 9.78 Å². The maximum atomic E-state index is 8.67. The number of rotatable bonds is 3. The Kier molecular flexibility index (Phi) is 2.68. The summed E-state index contributed by atoms with van der Waals surface area (Å²) in [6, 6.07) is 3.93. The highest BCUT2D eigenvalue weighted by Gasteiger charge is 2.13. The molecule has 2 aromatic rings. The second-order valence-corrected chi connectivity index (χ2v) is 3.62. The van der Waals surface area contributed by atoms with E-state index in [0.717, 1.165) is 0 Å². The van der Waals surface area contributed by atoms with E-state index in [1.165, 1.54) is 0 Å². The summed E-state index contributed by atoms with van der Waals surface area (Å²) in [4.78, 5) is 4.18. The second-order valence-electron chi connectivity index (χ2n) is 3.62. The van der Waals surface area contributed by atoms with Gasteiger partial charge in [0, 0.05) is 19.7 Å². The molecule has 0 spiro atoms. The van der Waals surface area contributed by atoms with Crippen molar-refractivity contribution in [2.24, 2.45) is 13.0 Å². The number of hydrogen-bond donors (Lipinski definition) is 0. The Morgan fingerprint density at radius 1 is 1.62 bits per heavy atom. The molecule has 0 fully saturated rings. The largest absolute Gasteiger partial charge is 0.339 e. The number of hydrogen-bond acceptors (Lipinski definition) is 5. The predicted molar refractivity (Wildman–Crippen MR) is 55.0 cm³/mol. The zero-order chi connectivity index (χ0) is 11.5. The first-order valence-corrected chi connectivity index (χ1v) is 4.91. The van der Waals surface area contributed by atoms with Gasteiger partial charge in [-0.1, -0.05) is 5.16 Å². The van der Waals surface area contributed by atoms with Crippen molar-refractivity contribution in [3.8, 4) is 17.6 Å². The van der Waals surface area contributed by atoms with Gasteiger partial charge in [-0.25, -0.2) is 0 Å². The van der Waals surface area contributed by atoms with Gasteiger partial charge >= 0.3 is 0 Å². The van der Waals surface area contributed by atoms with Crippen molar-refractivity contribution in [1.29, 1.82) is 5.26 Å². The van der Waals surface area contributed by atoms with Crippen LogP contribution < -0.4 is 0 Å². The zero-order valence-electron chi connectivity index (χ0n) is 9.08. The molecule has 0 saturated carbocycles. The topological polar surface area (TPSA) is 80.5 Å². The minimum atomic E-state index is -0.128. The maximum absolute atomic E-state index is 8.67. The van der Waals surface area contributed by atoms with Crippen molar-refractivity contribution >= 4 is 0 Å². The molecule has 0 saturated heterocycles. The van der Waals surface area contributed by atoms with Gasteiger partial charge in [0.2, 0.25) is 11.7 Å². The van der Waals surface area contributed by atoms with E-state index in [1.807, 2.05) is 26.2 Å². The van der Waals surface area contributed by atoms with Gasteiger partial charge < -0.3 is 4.52 Å². The average Bonchev–Trinajstić information content (AvgIpc) is 2.87. The van der Waals surface area contributed by atoms with E-state index in [-0.39, 0.29) is 5.92 Å². The van der Waals surface area contributed by atoms with E-state index in [1.54, 1.807) is 4.68 Å². The predicted octanol–water partition coefficient (Wildman–Crippen LogP) is 1.17. The fourth-order valence-electron chi connectivity index (χ4n) is 1.28. The van der Waals surface area contributed by atoms with Gasteiger partial charge in [0.25, 0.3) is 0 Å². The Balaban J connectivity index is 2.17. The molecule has 0 aliphatic carbocycles. The number of nitriles is 1. The van der Waals surface area contributed by atoms with Crippen molar-refractivity contribution in [1.82, 2.24) is 19.9 Å². The lowest BCUT2D eigenvalue weighted by Crippen LogP contribution is -1.96. The van der Waals surface area contributed by atoms with Crippen LogP contribution in [-0.4, -0.2) is 19.9 Å². The first-order chi connectivity index (χ1) is 7.69. The summed E-state index contributed by atoms with van der Waals surface area (Å²) >= 11 is 0. The zero-order valence-corrected chi connectivity index (χ0v) is 9.08. The van der Waals surface area contributed by atoms with Crippen LogP contribution in [0.5, 0.6) is 0 Å². The van der Waals surface area contributed by atoms with Crippen molar-refractivity contribution in [2.45, 2.75) is 13.3 Å². The monoisotopic (exact) mass is 217 g/mol. The molecule has 6 heteroatoms. The lowest BCUT2D eigenvalue weighted by atomic mass is 10.1. The summed E-state index contributed by atoms with van der Waals surface area (Å²) in [5.74, 6) is 0.799. The minimum absolute atomic E-state index is 0.128. The van der Waals surface area contributed by atoms with Crippen LogP contribution in [0.2, 0.25) is 0 Å². The lowest BCUT2D eigenvalue weighted by molar-refractivity contribution is 0.369. The van der Waals surface area contributed by atoms with Crippen molar-refractivity contribution < 1.29 is 4.52 Å². The summed E-state index contributed by atoms with van der Waals surface area (Å²) in [5.41, 5.74) is 0.669. The standard InChI is InChI=1S/C10H11N5O/c1-7(6-11)5-9-12-10(14-16-9)8-3-4-15(2)13-8/h3-4,7H,5H2,1-2H3. The Morgan fingerprint density at radius 2 is 2.44 bits per heavy atom. The summed E-state index contributed by atoms with van der Waals surface area (Å²) in [6.45, 7) is 1.81. The van der Waals surface area contributed by atoms with E-state index in [2.05, 4.69) is 21.3 Å². The fourth-order valence-corrected chi connectivity index (χ4v) is 1.28. The van der Waals surface area contributed by atoms with Crippen LogP contribution in [0.4, 0.5) is 0 Å². The molecule has 2 rings (SSSR count). The maximum Gasteiger partial charge on any atom is 0.228 e. The normalized spacial score (nSPS) is 12.3. The molecule has 6 nitrogen and oxygen atoms in total. The molecule has 0 amide bonds. The number of nitrogens with zero attached hydrogens (tertiary/aromatic N) is 5. The molecule has 0 radical (unpaired) electrons.